The molecule has 2 aromatic carbocycles. The number of unbranched alkanes of at least 4 members (excludes halogenated alkanes) is 1. The molecule has 0 radical (unpaired) electrons. The second-order valence-corrected chi connectivity index (χ2v) is 6.60. The number of aromatic nitrogens is 2. The lowest BCUT2D eigenvalue weighted by Crippen LogP contribution is -2.42. The van der Waals surface area contributed by atoms with E-state index < -0.39 is 11.7 Å². The quantitative estimate of drug-likeness (QED) is 0.476. The highest BCUT2D eigenvalue weighted by Crippen LogP contribution is 2.17. The minimum atomic E-state index is -0.553. The van der Waals surface area contributed by atoms with Crippen molar-refractivity contribution < 1.29 is 14.0 Å². The molecule has 150 valence electrons. The minimum absolute atomic E-state index is 0.0386. The van der Waals surface area contributed by atoms with Crippen LogP contribution in [-0.4, -0.2) is 21.4 Å². The smallest absolute Gasteiger partial charge is 0.262 e. The van der Waals surface area contributed by atoms with E-state index in [0.29, 0.717) is 5.56 Å². The van der Waals surface area contributed by atoms with E-state index in [0.717, 1.165) is 42.2 Å². The molecule has 0 unspecified atom stereocenters. The van der Waals surface area contributed by atoms with Gasteiger partial charge < -0.3 is 4.57 Å². The average molecular weight is 394 g/mol. The lowest BCUT2D eigenvalue weighted by Gasteiger charge is -2.10. The summed E-state index contributed by atoms with van der Waals surface area (Å²) in [7, 11) is 0. The molecule has 2 N–H and O–H groups in total. The Balaban J connectivity index is 1.62. The number of amides is 2. The third-order valence-electron chi connectivity index (χ3n) is 4.43. The predicted octanol–water partition coefficient (Wildman–Crippen LogP) is 3.38. The number of imidazole rings is 1. The first-order valence-electron chi connectivity index (χ1n) is 9.54. The third-order valence-corrected chi connectivity index (χ3v) is 4.43. The van der Waals surface area contributed by atoms with Gasteiger partial charge in [-0.1, -0.05) is 43.7 Å². The number of fused-ring (bicyclic) bond motifs is 1. The highest BCUT2D eigenvalue weighted by Gasteiger charge is 2.13. The van der Waals surface area contributed by atoms with Crippen molar-refractivity contribution in [2.45, 2.75) is 32.7 Å². The lowest BCUT2D eigenvalue weighted by molar-refractivity contribution is -0.127. The summed E-state index contributed by atoms with van der Waals surface area (Å²) in [4.78, 5) is 28.9. The zero-order valence-corrected chi connectivity index (χ0v) is 16.2. The molecular formula is C22H23FN4O2. The van der Waals surface area contributed by atoms with Crippen molar-refractivity contribution in [3.8, 4) is 0 Å². The molecule has 7 heteroatoms. The van der Waals surface area contributed by atoms with Crippen LogP contribution in [0.25, 0.3) is 17.1 Å². The Morgan fingerprint density at radius 3 is 2.66 bits per heavy atom. The second kappa shape index (κ2) is 9.64. The summed E-state index contributed by atoms with van der Waals surface area (Å²) in [6, 6.07) is 13.7. The number of hydrogen-bond acceptors (Lipinski definition) is 3. The third kappa shape index (κ3) is 5.28. The van der Waals surface area contributed by atoms with Crippen molar-refractivity contribution in [3.05, 3.63) is 71.8 Å². The molecule has 0 atom stereocenters. The first kappa shape index (κ1) is 20.3. The number of benzene rings is 2. The molecule has 0 bridgehead atoms. The number of para-hydroxylation sites is 2. The second-order valence-electron chi connectivity index (χ2n) is 6.60. The summed E-state index contributed by atoms with van der Waals surface area (Å²) in [5, 5.41) is 0. The Morgan fingerprint density at radius 1 is 1.10 bits per heavy atom. The SMILES string of the molecule is CCCCc1nc2ccccc2n1CC(=O)NNC(=O)/C=C/c1ccccc1F. The maximum Gasteiger partial charge on any atom is 0.262 e. The summed E-state index contributed by atoms with van der Waals surface area (Å²) in [6.07, 6.45) is 5.29. The molecule has 6 nitrogen and oxygen atoms in total. The zero-order chi connectivity index (χ0) is 20.6. The van der Waals surface area contributed by atoms with Crippen LogP contribution < -0.4 is 10.9 Å². The molecule has 2 amide bonds. The maximum atomic E-state index is 13.6. The summed E-state index contributed by atoms with van der Waals surface area (Å²) in [5.74, 6) is -0.511. The van der Waals surface area contributed by atoms with Crippen molar-refractivity contribution in [3.63, 3.8) is 0 Å². The Labute approximate surface area is 168 Å². The van der Waals surface area contributed by atoms with Gasteiger partial charge in [0.25, 0.3) is 11.8 Å². The van der Waals surface area contributed by atoms with E-state index in [2.05, 4.69) is 22.8 Å². The molecule has 0 aliphatic heterocycles. The molecule has 1 aromatic heterocycles. The lowest BCUT2D eigenvalue weighted by atomic mass is 10.2. The molecule has 0 saturated heterocycles. The van der Waals surface area contributed by atoms with Crippen LogP contribution in [0.3, 0.4) is 0 Å². The first-order valence-corrected chi connectivity index (χ1v) is 9.54. The van der Waals surface area contributed by atoms with Gasteiger partial charge in [-0.3, -0.25) is 20.4 Å². The Bertz CT molecular complexity index is 1040. The highest BCUT2D eigenvalue weighted by molar-refractivity contribution is 5.93. The van der Waals surface area contributed by atoms with Gasteiger partial charge in [-0.2, -0.15) is 0 Å². The largest absolute Gasteiger partial charge is 0.318 e. The topological polar surface area (TPSA) is 76.0 Å². The number of nitrogens with one attached hydrogen (secondary N) is 2. The summed E-state index contributed by atoms with van der Waals surface area (Å²) in [6.45, 7) is 2.14. The van der Waals surface area contributed by atoms with Crippen LogP contribution in [0.1, 0.15) is 31.2 Å². The molecule has 3 aromatic rings. The number of carbonyl (C=O) groups excluding carboxylic acids is 2. The van der Waals surface area contributed by atoms with Gasteiger partial charge in [-0.25, -0.2) is 9.37 Å². The molecule has 1 heterocycles. The first-order chi connectivity index (χ1) is 14.1. The number of aryl methyl sites for hydroxylation is 1. The van der Waals surface area contributed by atoms with Crippen LogP contribution in [0.2, 0.25) is 0 Å². The predicted molar refractivity (Wildman–Crippen MR) is 110 cm³/mol. The maximum absolute atomic E-state index is 13.6. The standard InChI is InChI=1S/C22H23FN4O2/c1-2-3-12-20-24-18-10-6-7-11-19(18)27(20)15-22(29)26-25-21(28)14-13-16-8-4-5-9-17(16)23/h4-11,13-14H,2-3,12,15H2,1H3,(H,25,28)(H,26,29)/b14-13+. The van der Waals surface area contributed by atoms with Crippen LogP contribution in [-0.2, 0) is 22.6 Å². The van der Waals surface area contributed by atoms with Gasteiger partial charge >= 0.3 is 0 Å². The molecule has 0 aliphatic carbocycles. The van der Waals surface area contributed by atoms with E-state index in [1.807, 2.05) is 28.8 Å². The van der Waals surface area contributed by atoms with Crippen molar-refractivity contribution in [1.82, 2.24) is 20.4 Å². The number of rotatable bonds is 7. The number of halogens is 1. The molecule has 29 heavy (non-hydrogen) atoms. The van der Waals surface area contributed by atoms with E-state index in [1.165, 1.54) is 12.1 Å². The van der Waals surface area contributed by atoms with Gasteiger partial charge in [0, 0.05) is 18.1 Å². The van der Waals surface area contributed by atoms with E-state index >= 15 is 0 Å². The van der Waals surface area contributed by atoms with E-state index in [-0.39, 0.29) is 12.5 Å². The van der Waals surface area contributed by atoms with E-state index in [4.69, 9.17) is 0 Å². The van der Waals surface area contributed by atoms with Gasteiger partial charge in [-0.15, -0.1) is 0 Å². The van der Waals surface area contributed by atoms with Gasteiger partial charge in [0.2, 0.25) is 0 Å². The van der Waals surface area contributed by atoms with Crippen molar-refractivity contribution in [1.29, 1.82) is 0 Å². The minimum Gasteiger partial charge on any atom is -0.318 e. The van der Waals surface area contributed by atoms with E-state index in [9.17, 15) is 14.0 Å². The van der Waals surface area contributed by atoms with Gasteiger partial charge in [0.1, 0.15) is 18.2 Å². The number of nitrogens with zero attached hydrogens (tertiary/aromatic N) is 2. The van der Waals surface area contributed by atoms with Crippen molar-refractivity contribution >= 4 is 28.9 Å². The van der Waals surface area contributed by atoms with Gasteiger partial charge in [0.15, 0.2) is 0 Å². The van der Waals surface area contributed by atoms with Crippen LogP contribution in [0.5, 0.6) is 0 Å². The van der Waals surface area contributed by atoms with Crippen molar-refractivity contribution in [2.75, 3.05) is 0 Å². The van der Waals surface area contributed by atoms with Gasteiger partial charge in [-0.05, 0) is 30.7 Å². The molecular weight excluding hydrogens is 371 g/mol. The number of hydrogen-bond donors (Lipinski definition) is 2. The summed E-state index contributed by atoms with van der Waals surface area (Å²) < 4.78 is 15.4. The Morgan fingerprint density at radius 2 is 1.86 bits per heavy atom. The van der Waals surface area contributed by atoms with Gasteiger partial charge in [0.05, 0.1) is 11.0 Å². The number of hydrazine groups is 1. The monoisotopic (exact) mass is 394 g/mol. The Kier molecular flexibility index (Phi) is 6.73. The normalized spacial score (nSPS) is 11.1. The fourth-order valence-corrected chi connectivity index (χ4v) is 2.96. The van der Waals surface area contributed by atoms with Crippen LogP contribution in [0, 0.1) is 5.82 Å². The summed E-state index contributed by atoms with van der Waals surface area (Å²) >= 11 is 0. The summed E-state index contributed by atoms with van der Waals surface area (Å²) in [5.41, 5.74) is 6.70. The van der Waals surface area contributed by atoms with Crippen LogP contribution in [0.15, 0.2) is 54.6 Å². The van der Waals surface area contributed by atoms with E-state index in [1.54, 1.807) is 18.2 Å². The van der Waals surface area contributed by atoms with Crippen molar-refractivity contribution in [2.24, 2.45) is 0 Å². The zero-order valence-electron chi connectivity index (χ0n) is 16.2. The molecule has 0 saturated carbocycles. The average Bonchev–Trinajstić information content (AvgIpc) is 3.07. The van der Waals surface area contributed by atoms with Crippen LogP contribution in [0.4, 0.5) is 4.39 Å². The Hall–Kier alpha value is -3.48. The molecule has 0 fully saturated rings. The molecule has 0 aliphatic rings. The molecule has 0 spiro atoms. The fraction of sp³-hybridized carbons (Fsp3) is 0.227. The highest BCUT2D eigenvalue weighted by atomic mass is 19.1. The number of carbonyl (C=O) groups is 2. The molecule has 3 rings (SSSR count). The van der Waals surface area contributed by atoms with Crippen LogP contribution >= 0.6 is 0 Å². The fourth-order valence-electron chi connectivity index (χ4n) is 2.96.